The van der Waals surface area contributed by atoms with Gasteiger partial charge in [-0.2, -0.15) is 0 Å². The van der Waals surface area contributed by atoms with Crippen LogP contribution in [0.25, 0.3) is 0 Å². The molecule has 1 aliphatic heterocycles. The van der Waals surface area contributed by atoms with Crippen LogP contribution < -0.4 is 10.1 Å². The molecule has 1 N–H and O–H groups in total. The Bertz CT molecular complexity index is 727. The molecule has 0 aliphatic carbocycles. The van der Waals surface area contributed by atoms with Crippen molar-refractivity contribution in [2.45, 2.75) is 5.38 Å². The lowest BCUT2D eigenvalue weighted by molar-refractivity contribution is -0.402. The highest BCUT2D eigenvalue weighted by molar-refractivity contribution is 6.22. The van der Waals surface area contributed by atoms with Crippen LogP contribution in [0.4, 0.5) is 11.6 Å². The second-order valence-corrected chi connectivity index (χ2v) is 4.82. The summed E-state index contributed by atoms with van der Waals surface area (Å²) in [4.78, 5) is 21.3. The van der Waals surface area contributed by atoms with Crippen molar-refractivity contribution < 1.29 is 18.9 Å². The van der Waals surface area contributed by atoms with Crippen molar-refractivity contribution in [1.29, 1.82) is 0 Å². The summed E-state index contributed by atoms with van der Waals surface area (Å²) in [6, 6.07) is 7.73. The number of hydrogen-bond donors (Lipinski definition) is 1. The van der Waals surface area contributed by atoms with Crippen LogP contribution in [0.3, 0.4) is 0 Å². The summed E-state index contributed by atoms with van der Waals surface area (Å²) in [5.74, 6) is 0.184. The van der Waals surface area contributed by atoms with Gasteiger partial charge >= 0.3 is 5.88 Å². The van der Waals surface area contributed by atoms with E-state index in [1.165, 1.54) is 12.1 Å². The maximum Gasteiger partial charge on any atom is 0.433 e. The number of hydrogen-bond acceptors (Lipinski definition) is 5. The number of rotatable bonds is 3. The van der Waals surface area contributed by atoms with Crippen LogP contribution in [0.15, 0.2) is 34.7 Å². The van der Waals surface area contributed by atoms with E-state index < -0.39 is 10.3 Å². The maximum absolute atomic E-state index is 11.3. The third-order valence-corrected chi connectivity index (χ3v) is 3.44. The van der Waals surface area contributed by atoms with Gasteiger partial charge in [-0.1, -0.05) is 6.07 Å². The molecule has 0 bridgehead atoms. The molecule has 0 saturated carbocycles. The number of furan rings is 1. The zero-order valence-corrected chi connectivity index (χ0v) is 11.3. The molecule has 1 unspecified atom stereocenters. The van der Waals surface area contributed by atoms with E-state index in [2.05, 4.69) is 5.32 Å². The van der Waals surface area contributed by atoms with Gasteiger partial charge in [0.05, 0.1) is 11.8 Å². The van der Waals surface area contributed by atoms with E-state index in [-0.39, 0.29) is 24.2 Å². The summed E-state index contributed by atoms with van der Waals surface area (Å²) in [6.45, 7) is -0.0268. The van der Waals surface area contributed by atoms with E-state index >= 15 is 0 Å². The summed E-state index contributed by atoms with van der Waals surface area (Å²) in [5, 5.41) is 12.6. The van der Waals surface area contributed by atoms with Crippen LogP contribution >= 0.6 is 11.6 Å². The van der Waals surface area contributed by atoms with Crippen LogP contribution in [0, 0.1) is 10.1 Å². The number of ether oxygens (including phenoxy) is 1. The standard InChI is InChI=1S/C13H9ClN2O5/c14-13(10-3-4-12(21-10)16(18)19)7-1-2-9-8(5-7)15-11(17)6-20-9/h1-5,13H,6H2,(H,15,17). The summed E-state index contributed by atoms with van der Waals surface area (Å²) >= 11 is 6.26. The van der Waals surface area contributed by atoms with E-state index in [4.69, 9.17) is 20.8 Å². The molecule has 21 heavy (non-hydrogen) atoms. The molecule has 108 valence electrons. The van der Waals surface area contributed by atoms with Gasteiger partial charge in [-0.05, 0) is 23.8 Å². The van der Waals surface area contributed by atoms with Crippen molar-refractivity contribution >= 4 is 29.1 Å². The monoisotopic (exact) mass is 308 g/mol. The Kier molecular flexibility index (Phi) is 3.26. The minimum atomic E-state index is -0.706. The topological polar surface area (TPSA) is 94.6 Å². The lowest BCUT2D eigenvalue weighted by Crippen LogP contribution is -2.25. The number of anilines is 1. The van der Waals surface area contributed by atoms with Crippen molar-refractivity contribution in [2.75, 3.05) is 11.9 Å². The van der Waals surface area contributed by atoms with E-state index in [9.17, 15) is 14.9 Å². The molecule has 0 spiro atoms. The minimum Gasteiger partial charge on any atom is -0.482 e. The van der Waals surface area contributed by atoms with Gasteiger partial charge < -0.3 is 14.5 Å². The molecule has 1 aliphatic rings. The average molecular weight is 309 g/mol. The Morgan fingerprint density at radius 1 is 1.33 bits per heavy atom. The number of nitrogens with one attached hydrogen (secondary N) is 1. The number of benzene rings is 1. The molecule has 1 atom stereocenters. The van der Waals surface area contributed by atoms with E-state index in [0.29, 0.717) is 17.0 Å². The number of carbonyl (C=O) groups is 1. The first-order chi connectivity index (χ1) is 10.0. The molecular weight excluding hydrogens is 300 g/mol. The van der Waals surface area contributed by atoms with Gasteiger partial charge in [0.15, 0.2) is 6.61 Å². The molecule has 1 aromatic heterocycles. The van der Waals surface area contributed by atoms with E-state index in [1.54, 1.807) is 18.2 Å². The van der Waals surface area contributed by atoms with Crippen LogP contribution in [-0.2, 0) is 4.79 Å². The Hall–Kier alpha value is -2.54. The fraction of sp³-hybridized carbons (Fsp3) is 0.154. The third-order valence-electron chi connectivity index (χ3n) is 2.97. The van der Waals surface area contributed by atoms with Crippen molar-refractivity contribution in [1.82, 2.24) is 0 Å². The lowest BCUT2D eigenvalue weighted by Gasteiger charge is -2.19. The highest BCUT2D eigenvalue weighted by atomic mass is 35.5. The molecule has 8 heteroatoms. The van der Waals surface area contributed by atoms with Gasteiger partial charge in [0, 0.05) is 0 Å². The van der Waals surface area contributed by atoms with Crippen molar-refractivity contribution in [3.63, 3.8) is 0 Å². The highest BCUT2D eigenvalue weighted by Crippen LogP contribution is 2.36. The Balaban J connectivity index is 1.90. The van der Waals surface area contributed by atoms with Gasteiger partial charge in [-0.15, -0.1) is 11.6 Å². The van der Waals surface area contributed by atoms with E-state index in [1.807, 2.05) is 0 Å². The summed E-state index contributed by atoms with van der Waals surface area (Å²) in [5.41, 5.74) is 1.14. The third kappa shape index (κ3) is 2.55. The minimum absolute atomic E-state index is 0.0268. The lowest BCUT2D eigenvalue weighted by atomic mass is 10.1. The first kappa shape index (κ1) is 13.4. The molecule has 2 heterocycles. The number of halogens is 1. The maximum atomic E-state index is 11.3. The Labute approximate surface area is 123 Å². The SMILES string of the molecule is O=C1COc2ccc(C(Cl)c3ccc([N+](=O)[O-])o3)cc2N1. The van der Waals surface area contributed by atoms with Gasteiger partial charge in [0.25, 0.3) is 5.91 Å². The zero-order chi connectivity index (χ0) is 15.0. The predicted molar refractivity (Wildman–Crippen MR) is 73.6 cm³/mol. The zero-order valence-electron chi connectivity index (χ0n) is 10.5. The molecule has 3 rings (SSSR count). The van der Waals surface area contributed by atoms with Crippen LogP contribution in [0.2, 0.25) is 0 Å². The number of fused-ring (bicyclic) bond motifs is 1. The highest BCUT2D eigenvalue weighted by Gasteiger charge is 2.22. The van der Waals surface area contributed by atoms with Gasteiger partial charge in [-0.25, -0.2) is 0 Å². The summed E-state index contributed by atoms with van der Waals surface area (Å²) in [7, 11) is 0. The molecule has 7 nitrogen and oxygen atoms in total. The van der Waals surface area contributed by atoms with Crippen molar-refractivity contribution in [3.05, 3.63) is 51.8 Å². The average Bonchev–Trinajstić information content (AvgIpc) is 2.95. The number of nitro groups is 1. The van der Waals surface area contributed by atoms with Crippen molar-refractivity contribution in [2.24, 2.45) is 0 Å². The largest absolute Gasteiger partial charge is 0.482 e. The number of alkyl halides is 1. The molecule has 0 fully saturated rings. The van der Waals surface area contributed by atoms with Gasteiger partial charge in [0.1, 0.15) is 21.8 Å². The fourth-order valence-corrected chi connectivity index (χ4v) is 2.25. The van der Waals surface area contributed by atoms with Gasteiger partial charge in [0.2, 0.25) is 0 Å². The first-order valence-electron chi connectivity index (χ1n) is 5.99. The second-order valence-electron chi connectivity index (χ2n) is 4.39. The summed E-state index contributed by atoms with van der Waals surface area (Å²) in [6.07, 6.45) is 0. The van der Waals surface area contributed by atoms with Gasteiger partial charge in [-0.3, -0.25) is 14.9 Å². The molecule has 1 aromatic carbocycles. The molecule has 0 radical (unpaired) electrons. The summed E-state index contributed by atoms with van der Waals surface area (Å²) < 4.78 is 10.3. The van der Waals surface area contributed by atoms with Crippen molar-refractivity contribution in [3.8, 4) is 5.75 Å². The first-order valence-corrected chi connectivity index (χ1v) is 6.43. The van der Waals surface area contributed by atoms with Crippen LogP contribution in [0.5, 0.6) is 5.75 Å². The normalized spacial score (nSPS) is 14.8. The number of nitrogens with zero attached hydrogens (tertiary/aromatic N) is 1. The fourth-order valence-electron chi connectivity index (χ4n) is 2.00. The quantitative estimate of drug-likeness (QED) is 0.534. The number of carbonyl (C=O) groups excluding carboxylic acids is 1. The molecule has 1 amide bonds. The van der Waals surface area contributed by atoms with Crippen LogP contribution in [-0.4, -0.2) is 17.4 Å². The molecular formula is C13H9ClN2O5. The smallest absolute Gasteiger partial charge is 0.433 e. The number of amides is 1. The van der Waals surface area contributed by atoms with Crippen LogP contribution in [0.1, 0.15) is 16.7 Å². The molecule has 2 aromatic rings. The van der Waals surface area contributed by atoms with E-state index in [0.717, 1.165) is 0 Å². The predicted octanol–water partition coefficient (Wildman–Crippen LogP) is 2.85. The Morgan fingerprint density at radius 3 is 2.86 bits per heavy atom. The second kappa shape index (κ2) is 5.10. The molecule has 0 saturated heterocycles. The Morgan fingerprint density at radius 2 is 2.14 bits per heavy atom.